The maximum absolute atomic E-state index is 12.5. The van der Waals surface area contributed by atoms with Gasteiger partial charge in [0.05, 0.1) is 5.69 Å². The van der Waals surface area contributed by atoms with Gasteiger partial charge >= 0.3 is 0 Å². The fourth-order valence-corrected chi connectivity index (χ4v) is 2.79. The molecule has 6 nitrogen and oxygen atoms in total. The second-order valence-corrected chi connectivity index (χ2v) is 6.40. The number of carbonyl (C=O) groups is 2. The minimum absolute atomic E-state index is 0.0828. The number of aryl methyl sites for hydroxylation is 1. The molecular formula is C19H18ClNO5. The predicted octanol–water partition coefficient (Wildman–Crippen LogP) is 3.99. The number of hydrogen-bond donors (Lipinski definition) is 1. The van der Waals surface area contributed by atoms with Crippen LogP contribution >= 0.6 is 11.6 Å². The zero-order valence-electron chi connectivity index (χ0n) is 14.6. The number of nitrogens with one attached hydrogen (secondary N) is 1. The molecule has 0 spiro atoms. The molecule has 136 valence electrons. The lowest BCUT2D eigenvalue weighted by atomic mass is 10.1. The summed E-state index contributed by atoms with van der Waals surface area (Å²) in [5.41, 5.74) is 1.53. The number of Topliss-reactive ketones (excluding diaryl/α,β-unsaturated/α-hetero) is 1. The number of benzene rings is 2. The lowest BCUT2D eigenvalue weighted by molar-refractivity contribution is -0.122. The van der Waals surface area contributed by atoms with Crippen molar-refractivity contribution in [3.8, 4) is 17.2 Å². The quantitative estimate of drug-likeness (QED) is 0.800. The zero-order valence-corrected chi connectivity index (χ0v) is 15.3. The Kier molecular flexibility index (Phi) is 5.04. The maximum atomic E-state index is 12.5. The van der Waals surface area contributed by atoms with Crippen molar-refractivity contribution in [2.45, 2.75) is 26.9 Å². The largest absolute Gasteiger partial charge is 0.481 e. The van der Waals surface area contributed by atoms with E-state index in [0.29, 0.717) is 33.5 Å². The molecule has 1 heterocycles. The van der Waals surface area contributed by atoms with Crippen molar-refractivity contribution in [2.24, 2.45) is 0 Å². The number of amides is 1. The molecule has 0 saturated carbocycles. The standard InChI is InChI=1S/C19H18ClNO5/c1-10-6-13(20)4-5-16(10)26-12(3)19(23)21-15-8-18-17(24-9-25-18)7-14(15)11(2)22/h4-8,12H,9H2,1-3H3,(H,21,23). The summed E-state index contributed by atoms with van der Waals surface area (Å²) in [6.07, 6.45) is -0.778. The van der Waals surface area contributed by atoms with Crippen molar-refractivity contribution in [1.82, 2.24) is 0 Å². The molecule has 1 aliphatic heterocycles. The van der Waals surface area contributed by atoms with Crippen molar-refractivity contribution in [3.63, 3.8) is 0 Å². The fourth-order valence-electron chi connectivity index (χ4n) is 2.56. The van der Waals surface area contributed by atoms with Crippen molar-refractivity contribution in [1.29, 1.82) is 0 Å². The number of carbonyl (C=O) groups excluding carboxylic acids is 2. The predicted molar refractivity (Wildman–Crippen MR) is 97.5 cm³/mol. The summed E-state index contributed by atoms with van der Waals surface area (Å²) >= 11 is 5.93. The second kappa shape index (κ2) is 7.25. The van der Waals surface area contributed by atoms with Crippen molar-refractivity contribution >= 4 is 29.0 Å². The number of anilines is 1. The number of ether oxygens (including phenoxy) is 3. The zero-order chi connectivity index (χ0) is 18.8. The topological polar surface area (TPSA) is 73.9 Å². The van der Waals surface area contributed by atoms with E-state index in [4.69, 9.17) is 25.8 Å². The molecule has 0 radical (unpaired) electrons. The molecule has 26 heavy (non-hydrogen) atoms. The Bertz CT molecular complexity index is 880. The highest BCUT2D eigenvalue weighted by molar-refractivity contribution is 6.30. The number of ketones is 1. The third-order valence-electron chi connectivity index (χ3n) is 3.96. The normalized spacial score (nSPS) is 13.2. The van der Waals surface area contributed by atoms with Gasteiger partial charge in [-0.3, -0.25) is 9.59 Å². The summed E-state index contributed by atoms with van der Waals surface area (Å²) in [5, 5.41) is 3.32. The van der Waals surface area contributed by atoms with Crippen LogP contribution in [0.25, 0.3) is 0 Å². The average Bonchev–Trinajstić information content (AvgIpc) is 3.03. The first-order chi connectivity index (χ1) is 12.3. The van der Waals surface area contributed by atoms with Gasteiger partial charge in [-0.1, -0.05) is 11.6 Å². The first-order valence-electron chi connectivity index (χ1n) is 8.03. The third-order valence-corrected chi connectivity index (χ3v) is 4.19. The first kappa shape index (κ1) is 18.1. The molecule has 1 unspecified atom stereocenters. The highest BCUT2D eigenvalue weighted by atomic mass is 35.5. The van der Waals surface area contributed by atoms with Gasteiger partial charge in [-0.15, -0.1) is 0 Å². The van der Waals surface area contributed by atoms with Gasteiger partial charge in [0, 0.05) is 16.7 Å². The molecular weight excluding hydrogens is 358 g/mol. The van der Waals surface area contributed by atoms with E-state index in [1.807, 2.05) is 6.92 Å². The molecule has 0 aromatic heterocycles. The van der Waals surface area contributed by atoms with Crippen LogP contribution in [-0.4, -0.2) is 24.6 Å². The van der Waals surface area contributed by atoms with Gasteiger partial charge in [-0.25, -0.2) is 0 Å². The van der Waals surface area contributed by atoms with Crippen LogP contribution in [0.4, 0.5) is 5.69 Å². The summed E-state index contributed by atoms with van der Waals surface area (Å²) in [7, 11) is 0. The molecule has 2 aromatic rings. The van der Waals surface area contributed by atoms with E-state index >= 15 is 0 Å². The average molecular weight is 376 g/mol. The van der Waals surface area contributed by atoms with E-state index in [1.165, 1.54) is 6.92 Å². The summed E-state index contributed by atoms with van der Waals surface area (Å²) in [6.45, 7) is 4.98. The molecule has 1 amide bonds. The Morgan fingerprint density at radius 3 is 2.54 bits per heavy atom. The van der Waals surface area contributed by atoms with E-state index in [2.05, 4.69) is 5.32 Å². The van der Waals surface area contributed by atoms with Gasteiger partial charge in [0.15, 0.2) is 23.4 Å². The second-order valence-electron chi connectivity index (χ2n) is 5.97. The van der Waals surface area contributed by atoms with Gasteiger partial charge < -0.3 is 19.5 Å². The molecule has 0 bridgehead atoms. The van der Waals surface area contributed by atoms with Crippen LogP contribution in [0.2, 0.25) is 5.02 Å². The van der Waals surface area contributed by atoms with E-state index in [9.17, 15) is 9.59 Å². The Labute approximate surface area is 156 Å². The number of rotatable bonds is 5. The van der Waals surface area contributed by atoms with Crippen molar-refractivity contribution in [2.75, 3.05) is 12.1 Å². The number of hydrogen-bond acceptors (Lipinski definition) is 5. The van der Waals surface area contributed by atoms with E-state index in [1.54, 1.807) is 37.3 Å². The SMILES string of the molecule is CC(=O)c1cc2c(cc1NC(=O)C(C)Oc1ccc(Cl)cc1C)OCO2. The van der Waals surface area contributed by atoms with E-state index < -0.39 is 6.10 Å². The first-order valence-corrected chi connectivity index (χ1v) is 8.41. The summed E-state index contributed by atoms with van der Waals surface area (Å²) in [6, 6.07) is 8.31. The molecule has 1 N–H and O–H groups in total. The third kappa shape index (κ3) is 3.75. The minimum Gasteiger partial charge on any atom is -0.481 e. The molecule has 1 atom stereocenters. The van der Waals surface area contributed by atoms with Crippen LogP contribution in [0.1, 0.15) is 29.8 Å². The lowest BCUT2D eigenvalue weighted by Gasteiger charge is -2.17. The molecule has 3 rings (SSSR count). The molecule has 0 saturated heterocycles. The van der Waals surface area contributed by atoms with Gasteiger partial charge in [-0.05, 0) is 50.6 Å². The Morgan fingerprint density at radius 2 is 1.88 bits per heavy atom. The summed E-state index contributed by atoms with van der Waals surface area (Å²) < 4.78 is 16.3. The Morgan fingerprint density at radius 1 is 1.19 bits per heavy atom. The highest BCUT2D eigenvalue weighted by Crippen LogP contribution is 2.37. The van der Waals surface area contributed by atoms with Crippen LogP contribution in [0.5, 0.6) is 17.2 Å². The Balaban J connectivity index is 1.78. The van der Waals surface area contributed by atoms with Crippen LogP contribution in [0.15, 0.2) is 30.3 Å². The highest BCUT2D eigenvalue weighted by Gasteiger charge is 2.23. The van der Waals surface area contributed by atoms with Crippen LogP contribution in [-0.2, 0) is 4.79 Å². The van der Waals surface area contributed by atoms with Gasteiger partial charge in [-0.2, -0.15) is 0 Å². The smallest absolute Gasteiger partial charge is 0.265 e. The van der Waals surface area contributed by atoms with Crippen LogP contribution < -0.4 is 19.5 Å². The van der Waals surface area contributed by atoms with Crippen LogP contribution in [0, 0.1) is 6.92 Å². The number of halogens is 1. The van der Waals surface area contributed by atoms with Gasteiger partial charge in [0.2, 0.25) is 6.79 Å². The van der Waals surface area contributed by atoms with Gasteiger partial charge in [0.25, 0.3) is 5.91 Å². The van der Waals surface area contributed by atoms with E-state index in [0.717, 1.165) is 5.56 Å². The van der Waals surface area contributed by atoms with Gasteiger partial charge in [0.1, 0.15) is 5.75 Å². The fraction of sp³-hybridized carbons (Fsp3) is 0.263. The maximum Gasteiger partial charge on any atom is 0.265 e. The van der Waals surface area contributed by atoms with Crippen molar-refractivity contribution in [3.05, 3.63) is 46.5 Å². The molecule has 1 aliphatic rings. The molecule has 0 fully saturated rings. The number of fused-ring (bicyclic) bond motifs is 1. The summed E-state index contributed by atoms with van der Waals surface area (Å²) in [4.78, 5) is 24.4. The van der Waals surface area contributed by atoms with Crippen LogP contribution in [0.3, 0.4) is 0 Å². The van der Waals surface area contributed by atoms with E-state index in [-0.39, 0.29) is 18.5 Å². The molecule has 2 aromatic carbocycles. The summed E-state index contributed by atoms with van der Waals surface area (Å²) in [5.74, 6) is 0.942. The van der Waals surface area contributed by atoms with Crippen molar-refractivity contribution < 1.29 is 23.8 Å². The Hall–Kier alpha value is -2.73. The molecule has 7 heteroatoms. The lowest BCUT2D eigenvalue weighted by Crippen LogP contribution is -2.30. The monoisotopic (exact) mass is 375 g/mol. The molecule has 0 aliphatic carbocycles. The minimum atomic E-state index is -0.778.